The van der Waals surface area contributed by atoms with E-state index in [-0.39, 0.29) is 5.92 Å². The molecule has 2 aliphatic rings. The van der Waals surface area contributed by atoms with Gasteiger partial charge in [0, 0.05) is 31.3 Å². The molecule has 3 atom stereocenters. The quantitative estimate of drug-likeness (QED) is 0.658. The van der Waals surface area contributed by atoms with Gasteiger partial charge in [-0.2, -0.15) is 0 Å². The fourth-order valence-corrected chi connectivity index (χ4v) is 2.83. The van der Waals surface area contributed by atoms with Crippen LogP contribution in [-0.4, -0.2) is 29.2 Å². The van der Waals surface area contributed by atoms with Crippen molar-refractivity contribution in [3.8, 4) is 0 Å². The summed E-state index contributed by atoms with van der Waals surface area (Å²) in [5.74, 6) is 1.19. The normalized spacial score (nSPS) is 37.5. The zero-order valence-corrected chi connectivity index (χ0v) is 9.53. The second-order valence-electron chi connectivity index (χ2n) is 5.05. The molecule has 84 valence electrons. The summed E-state index contributed by atoms with van der Waals surface area (Å²) in [6.45, 7) is 4.99. The van der Waals surface area contributed by atoms with E-state index in [1.807, 2.05) is 11.8 Å². The molecule has 3 nitrogen and oxygen atoms in total. The molecule has 0 N–H and O–H groups in total. The Balaban J connectivity index is 2.05. The lowest BCUT2D eigenvalue weighted by molar-refractivity contribution is -0.136. The molecule has 1 heterocycles. The third kappa shape index (κ3) is 1.92. The van der Waals surface area contributed by atoms with E-state index in [4.69, 9.17) is 0 Å². The second kappa shape index (κ2) is 3.95. The van der Waals surface area contributed by atoms with Crippen LogP contribution >= 0.6 is 0 Å². The lowest BCUT2D eigenvalue weighted by Gasteiger charge is -2.35. The fraction of sp³-hybridized carbons (Fsp3) is 0.833. The topological polar surface area (TPSA) is 37.4 Å². The number of Topliss-reactive ketones (excluding diaryl/α,β-unsaturated/α-hetero) is 1. The molecule has 2 rings (SSSR count). The molecule has 0 bridgehead atoms. The van der Waals surface area contributed by atoms with E-state index in [0.29, 0.717) is 36.5 Å². The molecule has 1 unspecified atom stereocenters. The number of ketones is 1. The third-order valence-electron chi connectivity index (χ3n) is 3.83. The zero-order valence-electron chi connectivity index (χ0n) is 9.53. The Kier molecular flexibility index (Phi) is 2.81. The van der Waals surface area contributed by atoms with Crippen LogP contribution < -0.4 is 0 Å². The molecule has 0 aromatic carbocycles. The van der Waals surface area contributed by atoms with E-state index >= 15 is 0 Å². The SMILES string of the molecule is C[C@@H]1CC(=O)CCC1N1CC[C@H](C)C1=O. The lowest BCUT2D eigenvalue weighted by Crippen LogP contribution is -2.44. The number of likely N-dealkylation sites (tertiary alicyclic amines) is 1. The van der Waals surface area contributed by atoms with E-state index in [1.54, 1.807) is 0 Å². The molecule has 2 fully saturated rings. The van der Waals surface area contributed by atoms with Gasteiger partial charge in [-0.3, -0.25) is 9.59 Å². The molecule has 15 heavy (non-hydrogen) atoms. The summed E-state index contributed by atoms with van der Waals surface area (Å²) in [4.78, 5) is 25.2. The van der Waals surface area contributed by atoms with Crippen LogP contribution in [0.5, 0.6) is 0 Å². The van der Waals surface area contributed by atoms with Gasteiger partial charge in [0.2, 0.25) is 5.91 Å². The molecular weight excluding hydrogens is 190 g/mol. The first-order chi connectivity index (χ1) is 7.09. The van der Waals surface area contributed by atoms with Crippen molar-refractivity contribution in [3.63, 3.8) is 0 Å². The average Bonchev–Trinajstić information content (AvgIpc) is 2.49. The summed E-state index contributed by atoms with van der Waals surface area (Å²) in [6.07, 6.45) is 3.17. The van der Waals surface area contributed by atoms with Gasteiger partial charge in [-0.15, -0.1) is 0 Å². The lowest BCUT2D eigenvalue weighted by atomic mass is 9.84. The van der Waals surface area contributed by atoms with Crippen molar-refractivity contribution in [1.82, 2.24) is 4.90 Å². The van der Waals surface area contributed by atoms with Gasteiger partial charge < -0.3 is 4.90 Å². The number of carbonyl (C=O) groups excluding carboxylic acids is 2. The summed E-state index contributed by atoms with van der Waals surface area (Å²) in [5, 5.41) is 0. The van der Waals surface area contributed by atoms with Crippen molar-refractivity contribution < 1.29 is 9.59 Å². The Morgan fingerprint density at radius 1 is 1.20 bits per heavy atom. The molecule has 1 saturated heterocycles. The Labute approximate surface area is 90.8 Å². The van der Waals surface area contributed by atoms with Gasteiger partial charge in [-0.25, -0.2) is 0 Å². The van der Waals surface area contributed by atoms with Crippen LogP contribution in [0.1, 0.15) is 39.5 Å². The van der Waals surface area contributed by atoms with Gasteiger partial charge in [0.25, 0.3) is 0 Å². The van der Waals surface area contributed by atoms with Crippen molar-refractivity contribution in [2.75, 3.05) is 6.54 Å². The highest BCUT2D eigenvalue weighted by molar-refractivity contribution is 5.82. The maximum Gasteiger partial charge on any atom is 0.225 e. The molecular formula is C12H19NO2. The molecule has 1 saturated carbocycles. The van der Waals surface area contributed by atoms with Gasteiger partial charge in [-0.1, -0.05) is 13.8 Å². The highest BCUT2D eigenvalue weighted by atomic mass is 16.2. The molecule has 0 spiro atoms. The van der Waals surface area contributed by atoms with Crippen LogP contribution in [0.25, 0.3) is 0 Å². The molecule has 0 aromatic rings. The minimum absolute atomic E-state index is 0.190. The van der Waals surface area contributed by atoms with E-state index in [9.17, 15) is 9.59 Å². The summed E-state index contributed by atoms with van der Waals surface area (Å²) >= 11 is 0. The van der Waals surface area contributed by atoms with E-state index < -0.39 is 0 Å². The first kappa shape index (κ1) is 10.7. The number of nitrogens with zero attached hydrogens (tertiary/aromatic N) is 1. The van der Waals surface area contributed by atoms with Crippen LogP contribution in [0.4, 0.5) is 0 Å². The van der Waals surface area contributed by atoms with Crippen molar-refractivity contribution in [2.45, 2.75) is 45.6 Å². The van der Waals surface area contributed by atoms with Gasteiger partial charge in [-0.05, 0) is 18.8 Å². The van der Waals surface area contributed by atoms with Gasteiger partial charge in [0.15, 0.2) is 0 Å². The number of rotatable bonds is 1. The Hall–Kier alpha value is -0.860. The highest BCUT2D eigenvalue weighted by Gasteiger charge is 2.37. The van der Waals surface area contributed by atoms with Crippen LogP contribution in [0, 0.1) is 11.8 Å². The standard InChI is InChI=1S/C12H19NO2/c1-8-5-6-13(12(8)15)11-4-3-10(14)7-9(11)2/h8-9,11H,3-7H2,1-2H3/t8-,9+,11?/m0/s1. The maximum atomic E-state index is 11.9. The largest absolute Gasteiger partial charge is 0.339 e. The minimum atomic E-state index is 0.190. The molecule has 0 aromatic heterocycles. The van der Waals surface area contributed by atoms with E-state index in [1.165, 1.54) is 0 Å². The van der Waals surface area contributed by atoms with Gasteiger partial charge in [0.05, 0.1) is 0 Å². The van der Waals surface area contributed by atoms with Crippen LogP contribution in [0.15, 0.2) is 0 Å². The summed E-state index contributed by atoms with van der Waals surface area (Å²) < 4.78 is 0. The predicted molar refractivity (Wildman–Crippen MR) is 57.3 cm³/mol. The van der Waals surface area contributed by atoms with E-state index in [0.717, 1.165) is 19.4 Å². The Morgan fingerprint density at radius 2 is 1.93 bits per heavy atom. The maximum absolute atomic E-state index is 11.9. The van der Waals surface area contributed by atoms with Crippen molar-refractivity contribution in [1.29, 1.82) is 0 Å². The number of hydrogen-bond donors (Lipinski definition) is 0. The monoisotopic (exact) mass is 209 g/mol. The molecule has 1 aliphatic carbocycles. The molecule has 1 aliphatic heterocycles. The van der Waals surface area contributed by atoms with Crippen molar-refractivity contribution in [3.05, 3.63) is 0 Å². The Morgan fingerprint density at radius 3 is 2.47 bits per heavy atom. The Bertz CT molecular complexity index is 287. The van der Waals surface area contributed by atoms with E-state index in [2.05, 4.69) is 6.92 Å². The predicted octanol–water partition coefficient (Wildman–Crippen LogP) is 1.61. The molecule has 3 heteroatoms. The number of carbonyl (C=O) groups is 2. The smallest absolute Gasteiger partial charge is 0.225 e. The summed E-state index contributed by atoms with van der Waals surface area (Å²) in [5.41, 5.74) is 0. The van der Waals surface area contributed by atoms with Crippen molar-refractivity contribution >= 4 is 11.7 Å². The van der Waals surface area contributed by atoms with Crippen LogP contribution in [0.3, 0.4) is 0 Å². The molecule has 0 radical (unpaired) electrons. The highest BCUT2D eigenvalue weighted by Crippen LogP contribution is 2.30. The second-order valence-corrected chi connectivity index (χ2v) is 5.05. The van der Waals surface area contributed by atoms with Crippen LogP contribution in [-0.2, 0) is 9.59 Å². The zero-order chi connectivity index (χ0) is 11.0. The first-order valence-corrected chi connectivity index (χ1v) is 5.91. The van der Waals surface area contributed by atoms with Gasteiger partial charge >= 0.3 is 0 Å². The van der Waals surface area contributed by atoms with Crippen molar-refractivity contribution in [2.24, 2.45) is 11.8 Å². The van der Waals surface area contributed by atoms with Gasteiger partial charge in [0.1, 0.15) is 5.78 Å². The number of hydrogen-bond acceptors (Lipinski definition) is 2. The van der Waals surface area contributed by atoms with Crippen LogP contribution in [0.2, 0.25) is 0 Å². The molecule has 1 amide bonds. The third-order valence-corrected chi connectivity index (χ3v) is 3.83. The minimum Gasteiger partial charge on any atom is -0.339 e. The summed E-state index contributed by atoms with van der Waals surface area (Å²) in [7, 11) is 0. The summed E-state index contributed by atoms with van der Waals surface area (Å²) in [6, 6.07) is 0.320. The first-order valence-electron chi connectivity index (χ1n) is 5.91. The fourth-order valence-electron chi connectivity index (χ4n) is 2.83. The number of amides is 1. The average molecular weight is 209 g/mol.